The maximum Gasteiger partial charge on any atom is 0.262 e. The quantitative estimate of drug-likeness (QED) is 0.590. The normalized spacial score (nSPS) is 20.2. The molecule has 26 heavy (non-hydrogen) atoms. The Kier molecular flexibility index (Phi) is 7.53. The summed E-state index contributed by atoms with van der Waals surface area (Å²) in [5, 5.41) is 12.5. The fourth-order valence-electron chi connectivity index (χ4n) is 3.20. The van der Waals surface area contributed by atoms with Gasteiger partial charge in [0.1, 0.15) is 11.6 Å². The third kappa shape index (κ3) is 5.26. The van der Waals surface area contributed by atoms with Crippen LogP contribution in [0.2, 0.25) is 0 Å². The van der Waals surface area contributed by atoms with Crippen molar-refractivity contribution < 1.29 is 14.3 Å². The van der Waals surface area contributed by atoms with E-state index in [0.29, 0.717) is 24.0 Å². The van der Waals surface area contributed by atoms with E-state index < -0.39 is 0 Å². The summed E-state index contributed by atoms with van der Waals surface area (Å²) in [4.78, 5) is 12.5. The zero-order chi connectivity index (χ0) is 18.9. The first-order chi connectivity index (χ1) is 12.6. The number of nitrogens with one attached hydrogen (secondary N) is 1. The molecule has 1 saturated carbocycles. The van der Waals surface area contributed by atoms with Crippen molar-refractivity contribution in [3.8, 4) is 17.6 Å². The van der Waals surface area contributed by atoms with Crippen LogP contribution >= 0.6 is 0 Å². The second-order valence-electron chi connectivity index (χ2n) is 6.77. The molecule has 0 unspecified atom stereocenters. The van der Waals surface area contributed by atoms with Crippen molar-refractivity contribution in [2.75, 3.05) is 13.7 Å². The Morgan fingerprint density at radius 2 is 2.12 bits per heavy atom. The van der Waals surface area contributed by atoms with Crippen LogP contribution in [0.5, 0.6) is 11.5 Å². The van der Waals surface area contributed by atoms with Gasteiger partial charge in [-0.25, -0.2) is 0 Å². The molecule has 1 fully saturated rings. The average molecular weight is 356 g/mol. The predicted molar refractivity (Wildman–Crippen MR) is 102 cm³/mol. The van der Waals surface area contributed by atoms with Gasteiger partial charge < -0.3 is 14.8 Å². The van der Waals surface area contributed by atoms with Gasteiger partial charge in [0.2, 0.25) is 0 Å². The zero-order valence-electron chi connectivity index (χ0n) is 15.9. The van der Waals surface area contributed by atoms with Crippen molar-refractivity contribution in [3.05, 3.63) is 29.3 Å². The zero-order valence-corrected chi connectivity index (χ0v) is 15.9. The van der Waals surface area contributed by atoms with E-state index in [-0.39, 0.29) is 17.5 Å². The van der Waals surface area contributed by atoms with E-state index in [1.807, 2.05) is 19.1 Å². The monoisotopic (exact) mass is 356 g/mol. The van der Waals surface area contributed by atoms with E-state index in [0.717, 1.165) is 31.2 Å². The molecule has 0 aromatic heterocycles. The minimum Gasteiger partial charge on any atom is -0.493 e. The topological polar surface area (TPSA) is 71.3 Å². The van der Waals surface area contributed by atoms with E-state index in [4.69, 9.17) is 9.47 Å². The SMILES string of the molecule is CCCOc1cc(/C=C(\C#N)C(=O)N[C@H]2CCCC[C@@H]2C)ccc1OC. The van der Waals surface area contributed by atoms with E-state index in [9.17, 15) is 10.1 Å². The molecule has 1 aromatic carbocycles. The maximum atomic E-state index is 12.5. The molecule has 5 heteroatoms. The minimum atomic E-state index is -0.307. The predicted octanol–water partition coefficient (Wildman–Crippen LogP) is 4.09. The van der Waals surface area contributed by atoms with Gasteiger partial charge in [0.15, 0.2) is 11.5 Å². The molecular weight excluding hydrogens is 328 g/mol. The Morgan fingerprint density at radius 1 is 1.35 bits per heavy atom. The van der Waals surface area contributed by atoms with Gasteiger partial charge in [-0.2, -0.15) is 5.26 Å². The molecule has 1 N–H and O–H groups in total. The van der Waals surface area contributed by atoms with Crippen molar-refractivity contribution in [1.29, 1.82) is 5.26 Å². The van der Waals surface area contributed by atoms with E-state index in [2.05, 4.69) is 12.2 Å². The maximum absolute atomic E-state index is 12.5. The number of methoxy groups -OCH3 is 1. The van der Waals surface area contributed by atoms with Gasteiger partial charge in [0.05, 0.1) is 13.7 Å². The number of ether oxygens (including phenoxy) is 2. The van der Waals surface area contributed by atoms with E-state index in [1.54, 1.807) is 25.3 Å². The summed E-state index contributed by atoms with van der Waals surface area (Å²) < 4.78 is 11.0. The van der Waals surface area contributed by atoms with Gasteiger partial charge in [0, 0.05) is 6.04 Å². The number of nitriles is 1. The molecule has 0 aliphatic heterocycles. The summed E-state index contributed by atoms with van der Waals surface area (Å²) in [5.41, 5.74) is 0.842. The number of nitrogens with zero attached hydrogens (tertiary/aromatic N) is 1. The molecule has 1 amide bonds. The lowest BCUT2D eigenvalue weighted by molar-refractivity contribution is -0.118. The molecule has 5 nitrogen and oxygen atoms in total. The second-order valence-corrected chi connectivity index (χ2v) is 6.77. The van der Waals surface area contributed by atoms with Gasteiger partial charge in [-0.1, -0.05) is 32.8 Å². The molecular formula is C21H28N2O3. The highest BCUT2D eigenvalue weighted by atomic mass is 16.5. The number of rotatable bonds is 7. The Labute approximate surface area is 156 Å². The number of hydrogen-bond donors (Lipinski definition) is 1. The first-order valence-electron chi connectivity index (χ1n) is 9.32. The van der Waals surface area contributed by atoms with Crippen molar-refractivity contribution >= 4 is 12.0 Å². The standard InChI is InChI=1S/C21H28N2O3/c1-4-11-26-20-13-16(9-10-19(20)25-3)12-17(14-22)21(24)23-18-8-6-5-7-15(18)2/h9-10,12-13,15,18H,4-8,11H2,1-3H3,(H,23,24)/b17-12+/t15-,18-/m0/s1. The molecule has 0 saturated heterocycles. The van der Waals surface area contributed by atoms with Crippen LogP contribution in [0, 0.1) is 17.2 Å². The molecule has 1 aliphatic rings. The van der Waals surface area contributed by atoms with Crippen LogP contribution in [0.25, 0.3) is 6.08 Å². The number of carbonyl (C=O) groups is 1. The van der Waals surface area contributed by atoms with Crippen LogP contribution in [-0.2, 0) is 4.79 Å². The summed E-state index contributed by atoms with van der Waals surface area (Å²) >= 11 is 0. The van der Waals surface area contributed by atoms with Crippen LogP contribution in [0.1, 0.15) is 51.5 Å². The summed E-state index contributed by atoms with van der Waals surface area (Å²) in [7, 11) is 1.59. The summed E-state index contributed by atoms with van der Waals surface area (Å²) in [5.74, 6) is 1.39. The molecule has 0 radical (unpaired) electrons. The van der Waals surface area contributed by atoms with Crippen LogP contribution < -0.4 is 14.8 Å². The molecule has 140 valence electrons. The Morgan fingerprint density at radius 3 is 2.77 bits per heavy atom. The highest BCUT2D eigenvalue weighted by Gasteiger charge is 2.24. The lowest BCUT2D eigenvalue weighted by Gasteiger charge is -2.29. The fraction of sp³-hybridized carbons (Fsp3) is 0.524. The highest BCUT2D eigenvalue weighted by Crippen LogP contribution is 2.29. The minimum absolute atomic E-state index is 0.106. The third-order valence-electron chi connectivity index (χ3n) is 4.75. The Hall–Kier alpha value is -2.48. The number of carbonyl (C=O) groups excluding carboxylic acids is 1. The van der Waals surface area contributed by atoms with Crippen molar-refractivity contribution in [1.82, 2.24) is 5.32 Å². The Bertz CT molecular complexity index is 691. The molecule has 2 atom stereocenters. The van der Waals surface area contributed by atoms with Crippen LogP contribution in [-0.4, -0.2) is 25.7 Å². The van der Waals surface area contributed by atoms with Gasteiger partial charge in [-0.3, -0.25) is 4.79 Å². The van der Waals surface area contributed by atoms with Crippen LogP contribution in [0.4, 0.5) is 0 Å². The first kappa shape index (κ1) is 19.8. The molecule has 2 rings (SSSR count). The Balaban J connectivity index is 2.16. The smallest absolute Gasteiger partial charge is 0.262 e. The van der Waals surface area contributed by atoms with Crippen molar-refractivity contribution in [2.24, 2.45) is 5.92 Å². The molecule has 1 aromatic rings. The van der Waals surface area contributed by atoms with Crippen LogP contribution in [0.15, 0.2) is 23.8 Å². The van der Waals surface area contributed by atoms with Gasteiger partial charge in [-0.05, 0) is 49.0 Å². The molecule has 1 aliphatic carbocycles. The van der Waals surface area contributed by atoms with Crippen LogP contribution in [0.3, 0.4) is 0 Å². The number of amides is 1. The van der Waals surface area contributed by atoms with E-state index >= 15 is 0 Å². The average Bonchev–Trinajstić information content (AvgIpc) is 2.66. The largest absolute Gasteiger partial charge is 0.493 e. The third-order valence-corrected chi connectivity index (χ3v) is 4.75. The molecule has 0 heterocycles. The molecule has 0 spiro atoms. The number of hydrogen-bond acceptors (Lipinski definition) is 4. The van der Waals surface area contributed by atoms with Gasteiger partial charge >= 0.3 is 0 Å². The second kappa shape index (κ2) is 9.86. The summed E-state index contributed by atoms with van der Waals surface area (Å²) in [6.45, 7) is 4.76. The lowest BCUT2D eigenvalue weighted by Crippen LogP contribution is -2.41. The van der Waals surface area contributed by atoms with Gasteiger partial charge in [0.25, 0.3) is 5.91 Å². The van der Waals surface area contributed by atoms with Crippen molar-refractivity contribution in [3.63, 3.8) is 0 Å². The van der Waals surface area contributed by atoms with E-state index in [1.165, 1.54) is 6.42 Å². The summed E-state index contributed by atoms with van der Waals surface area (Å²) in [6, 6.07) is 7.56. The first-order valence-corrected chi connectivity index (χ1v) is 9.32. The van der Waals surface area contributed by atoms with Gasteiger partial charge in [-0.15, -0.1) is 0 Å². The lowest BCUT2D eigenvalue weighted by atomic mass is 9.86. The van der Waals surface area contributed by atoms with Crippen molar-refractivity contribution in [2.45, 2.75) is 52.0 Å². The summed E-state index contributed by atoms with van der Waals surface area (Å²) in [6.07, 6.45) is 6.91. The fourth-order valence-corrected chi connectivity index (χ4v) is 3.20. The highest BCUT2D eigenvalue weighted by molar-refractivity contribution is 6.01. The number of benzene rings is 1. The molecule has 0 bridgehead atoms.